The molecule has 208 valence electrons. The van der Waals surface area contributed by atoms with Crippen LogP contribution in [0.1, 0.15) is 25.7 Å². The monoisotopic (exact) mass is 536 g/mol. The average molecular weight is 536 g/mol. The summed E-state index contributed by atoms with van der Waals surface area (Å²) < 4.78 is 0. The number of hydrogen-bond acceptors (Lipinski definition) is 12. The molecule has 4 atom stereocenters. The van der Waals surface area contributed by atoms with Crippen molar-refractivity contribution in [1.29, 1.82) is 0 Å². The maximum absolute atomic E-state index is 9.72. The first-order valence-electron chi connectivity index (χ1n) is 8.66. The average Bonchev–Trinajstić information content (AvgIpc) is 2.67. The number of carboxylic acids is 8. The quantitative estimate of drug-likeness (QED) is 0.112. The predicted molar refractivity (Wildman–Crippen MR) is 104 cm³/mol. The zero-order chi connectivity index (χ0) is 29.8. The van der Waals surface area contributed by atoms with Crippen molar-refractivity contribution in [3.63, 3.8) is 0 Å². The van der Waals surface area contributed by atoms with Crippen molar-refractivity contribution in [3.05, 3.63) is 0 Å². The van der Waals surface area contributed by atoms with E-state index in [1.54, 1.807) is 0 Å². The lowest BCUT2D eigenvalue weighted by molar-refractivity contribution is -0.153. The van der Waals surface area contributed by atoms with Gasteiger partial charge in [0.25, 0.3) is 0 Å². The van der Waals surface area contributed by atoms with Crippen LogP contribution in [0, 0.1) is 0 Å². The van der Waals surface area contributed by atoms with Crippen LogP contribution in [0.5, 0.6) is 0 Å². The fourth-order valence-electron chi connectivity index (χ4n) is 1.01. The minimum absolute atomic E-state index is 0.755. The summed E-state index contributed by atoms with van der Waals surface area (Å²) in [6.45, 7) is 0. The zero-order valence-electron chi connectivity index (χ0n) is 17.8. The van der Waals surface area contributed by atoms with Crippen molar-refractivity contribution in [2.24, 2.45) is 0 Å². The van der Waals surface area contributed by atoms with Gasteiger partial charge in [-0.05, 0) is 0 Å². The van der Waals surface area contributed by atoms with Crippen LogP contribution < -0.4 is 0 Å². The SMILES string of the molecule is O=C(O)C[C@@H](O)C(=O)O.O=C(O)C[C@H](O)C(=O)O.O=C(O)C[C@H](O)C(=O)O.O=C(O)C[C@H](O)C(=O)O. The molecule has 20 nitrogen and oxygen atoms in total. The van der Waals surface area contributed by atoms with Crippen LogP contribution in [0.2, 0.25) is 0 Å². The summed E-state index contributed by atoms with van der Waals surface area (Å²) in [5, 5.41) is 96.6. The third-order valence-corrected chi connectivity index (χ3v) is 2.61. The Morgan fingerprint density at radius 1 is 0.333 bits per heavy atom. The Bertz CT molecular complexity index is 644. The smallest absolute Gasteiger partial charge is 0.333 e. The third-order valence-electron chi connectivity index (χ3n) is 2.61. The van der Waals surface area contributed by atoms with Gasteiger partial charge in [0.05, 0.1) is 25.7 Å². The molecule has 0 heterocycles. The Balaban J connectivity index is -0.000000190. The fourth-order valence-corrected chi connectivity index (χ4v) is 1.01. The van der Waals surface area contributed by atoms with Crippen molar-refractivity contribution in [1.82, 2.24) is 0 Å². The molecule has 0 spiro atoms. The van der Waals surface area contributed by atoms with Gasteiger partial charge < -0.3 is 61.3 Å². The Hall–Kier alpha value is -4.40. The normalized spacial score (nSPS) is 12.6. The molecule has 12 N–H and O–H groups in total. The Morgan fingerprint density at radius 2 is 0.444 bits per heavy atom. The first-order chi connectivity index (χ1) is 16.1. The van der Waals surface area contributed by atoms with Crippen LogP contribution in [0.25, 0.3) is 0 Å². The highest BCUT2D eigenvalue weighted by molar-refractivity contribution is 5.80. The van der Waals surface area contributed by atoms with Gasteiger partial charge in [-0.1, -0.05) is 0 Å². The largest absolute Gasteiger partial charge is 0.481 e. The van der Waals surface area contributed by atoms with Gasteiger partial charge in [-0.2, -0.15) is 0 Å². The molecule has 0 amide bonds. The van der Waals surface area contributed by atoms with Crippen LogP contribution in [-0.4, -0.2) is 133 Å². The molecule has 0 saturated carbocycles. The lowest BCUT2D eigenvalue weighted by atomic mass is 10.3. The number of aliphatic hydroxyl groups excluding tert-OH is 4. The van der Waals surface area contributed by atoms with E-state index in [1.165, 1.54) is 0 Å². The highest BCUT2D eigenvalue weighted by atomic mass is 16.4. The first-order valence-corrected chi connectivity index (χ1v) is 8.66. The topological polar surface area (TPSA) is 379 Å². The van der Waals surface area contributed by atoms with Crippen molar-refractivity contribution in [2.45, 2.75) is 50.1 Å². The minimum atomic E-state index is -1.79. The van der Waals surface area contributed by atoms with Crippen LogP contribution >= 0.6 is 0 Å². The van der Waals surface area contributed by atoms with Gasteiger partial charge in [-0.25, -0.2) is 19.2 Å². The highest BCUT2D eigenvalue weighted by Crippen LogP contribution is 1.91. The molecular formula is C16H24O20. The molecule has 20 heteroatoms. The molecule has 36 heavy (non-hydrogen) atoms. The van der Waals surface area contributed by atoms with E-state index in [2.05, 4.69) is 0 Å². The molecule has 0 aliphatic rings. The number of carboxylic acid groups (broad SMARTS) is 8. The first kappa shape index (κ1) is 38.8. The van der Waals surface area contributed by atoms with Gasteiger partial charge in [0.1, 0.15) is 0 Å². The van der Waals surface area contributed by atoms with E-state index in [-0.39, 0.29) is 0 Å². The molecule has 0 fully saturated rings. The fraction of sp³-hybridized carbons (Fsp3) is 0.500. The number of rotatable bonds is 12. The summed E-state index contributed by atoms with van der Waals surface area (Å²) in [7, 11) is 0. The second kappa shape index (κ2) is 21.2. The zero-order valence-corrected chi connectivity index (χ0v) is 17.8. The van der Waals surface area contributed by atoms with E-state index in [4.69, 9.17) is 61.3 Å². The van der Waals surface area contributed by atoms with Crippen molar-refractivity contribution in [2.75, 3.05) is 0 Å². The molecule has 0 aromatic heterocycles. The van der Waals surface area contributed by atoms with Gasteiger partial charge in [-0.15, -0.1) is 0 Å². The maximum atomic E-state index is 9.72. The summed E-state index contributed by atoms with van der Waals surface area (Å²) in [6.07, 6.45) is -10.2. The molecule has 0 aliphatic carbocycles. The van der Waals surface area contributed by atoms with E-state index in [1.807, 2.05) is 0 Å². The van der Waals surface area contributed by atoms with Crippen molar-refractivity contribution >= 4 is 47.8 Å². The van der Waals surface area contributed by atoms with Crippen LogP contribution in [0.4, 0.5) is 0 Å². The number of hydrogen-bond donors (Lipinski definition) is 12. The lowest BCUT2D eigenvalue weighted by Gasteiger charge is -1.97. The van der Waals surface area contributed by atoms with Gasteiger partial charge in [0.15, 0.2) is 24.4 Å². The summed E-state index contributed by atoms with van der Waals surface area (Å²) in [6, 6.07) is 0. The summed E-state index contributed by atoms with van der Waals surface area (Å²) in [5.41, 5.74) is 0. The molecule has 0 saturated heterocycles. The summed E-state index contributed by atoms with van der Waals surface area (Å²) >= 11 is 0. The molecular weight excluding hydrogens is 512 g/mol. The summed E-state index contributed by atoms with van der Waals surface area (Å²) in [4.78, 5) is 77.6. The van der Waals surface area contributed by atoms with E-state index in [9.17, 15) is 38.4 Å². The minimum Gasteiger partial charge on any atom is -0.481 e. The Morgan fingerprint density at radius 3 is 0.472 bits per heavy atom. The number of aliphatic hydroxyl groups is 4. The van der Waals surface area contributed by atoms with Crippen molar-refractivity contribution in [3.8, 4) is 0 Å². The van der Waals surface area contributed by atoms with E-state index in [0.717, 1.165) is 0 Å². The predicted octanol–water partition coefficient (Wildman–Crippen LogP) is -4.37. The molecule has 0 unspecified atom stereocenters. The van der Waals surface area contributed by atoms with Crippen LogP contribution in [-0.2, 0) is 38.4 Å². The van der Waals surface area contributed by atoms with Gasteiger partial charge in [0.2, 0.25) is 0 Å². The van der Waals surface area contributed by atoms with Gasteiger partial charge >= 0.3 is 47.8 Å². The number of aliphatic carboxylic acids is 8. The van der Waals surface area contributed by atoms with E-state index >= 15 is 0 Å². The molecule has 0 bridgehead atoms. The Kier molecular flexibility index (Phi) is 22.8. The van der Waals surface area contributed by atoms with Crippen LogP contribution in [0.3, 0.4) is 0 Å². The van der Waals surface area contributed by atoms with E-state index in [0.29, 0.717) is 0 Å². The molecule has 0 aromatic rings. The van der Waals surface area contributed by atoms with Crippen LogP contribution in [0.15, 0.2) is 0 Å². The molecule has 0 rings (SSSR count). The Labute approximate surface area is 198 Å². The number of carbonyl (C=O) groups is 8. The molecule has 0 radical (unpaired) electrons. The standard InChI is InChI=1S/4C4H6O5/c4*5-2(4(8)9)1-3(6)7/h4*2,5H,1H2,(H,6,7)(H,8,9)/t4*2-/m1000/s1. The second-order valence-corrected chi connectivity index (χ2v) is 5.81. The third kappa shape index (κ3) is 31.8. The van der Waals surface area contributed by atoms with E-state index < -0.39 is 97.9 Å². The molecule has 0 aliphatic heterocycles. The highest BCUT2D eigenvalue weighted by Gasteiger charge is 2.18. The summed E-state index contributed by atoms with van der Waals surface area (Å²) in [5.74, 6) is -11.4. The maximum Gasteiger partial charge on any atom is 0.333 e. The van der Waals surface area contributed by atoms with Gasteiger partial charge in [0, 0.05) is 0 Å². The van der Waals surface area contributed by atoms with Crippen molar-refractivity contribution < 1.29 is 99.6 Å². The van der Waals surface area contributed by atoms with Gasteiger partial charge in [-0.3, -0.25) is 19.2 Å². The molecule has 0 aromatic carbocycles. The second-order valence-electron chi connectivity index (χ2n) is 5.81. The lowest BCUT2D eigenvalue weighted by Crippen LogP contribution is -2.22.